The van der Waals surface area contributed by atoms with Gasteiger partial charge in [0.15, 0.2) is 0 Å². The molecule has 0 fully saturated rings. The predicted octanol–water partition coefficient (Wildman–Crippen LogP) is 7.65. The third-order valence-electron chi connectivity index (χ3n) is 6.14. The van der Waals surface area contributed by atoms with Gasteiger partial charge in [0.2, 0.25) is 0 Å². The van der Waals surface area contributed by atoms with Crippen molar-refractivity contribution in [1.82, 2.24) is 5.32 Å². The van der Waals surface area contributed by atoms with Crippen molar-refractivity contribution in [3.05, 3.63) is 134 Å². The molecular weight excluding hydrogens is 535 g/mol. The molecule has 0 bridgehead atoms. The molecule has 4 nitrogen and oxygen atoms in total. The highest BCUT2D eigenvalue weighted by atomic mass is 35.5. The summed E-state index contributed by atoms with van der Waals surface area (Å²) in [7, 11) is 0. The molecule has 1 N–H and O–H groups in total. The SMILES string of the molecule is O=C(NCCc1ccc(Cl)cc1)c1ccc(/C=C2/Sc3ccccc3N(Cc3cccc(Cl)c3)C2=O)cc1. The van der Waals surface area contributed by atoms with Crippen molar-refractivity contribution < 1.29 is 9.59 Å². The van der Waals surface area contributed by atoms with Crippen LogP contribution in [0.5, 0.6) is 0 Å². The molecule has 4 aromatic rings. The van der Waals surface area contributed by atoms with Gasteiger partial charge in [0.05, 0.1) is 17.1 Å². The Morgan fingerprint density at radius 1 is 0.842 bits per heavy atom. The van der Waals surface area contributed by atoms with E-state index in [-0.39, 0.29) is 11.8 Å². The summed E-state index contributed by atoms with van der Waals surface area (Å²) in [4.78, 5) is 29.6. The zero-order valence-electron chi connectivity index (χ0n) is 20.4. The van der Waals surface area contributed by atoms with Crippen molar-refractivity contribution in [1.29, 1.82) is 0 Å². The van der Waals surface area contributed by atoms with Crippen LogP contribution in [0.25, 0.3) is 6.08 Å². The number of anilines is 1. The van der Waals surface area contributed by atoms with Crippen LogP contribution >= 0.6 is 35.0 Å². The van der Waals surface area contributed by atoms with Crippen LogP contribution in [-0.4, -0.2) is 18.4 Å². The highest BCUT2D eigenvalue weighted by molar-refractivity contribution is 8.04. The molecule has 7 heteroatoms. The van der Waals surface area contributed by atoms with Gasteiger partial charge in [-0.05, 0) is 77.7 Å². The molecule has 0 radical (unpaired) electrons. The van der Waals surface area contributed by atoms with Crippen molar-refractivity contribution in [2.24, 2.45) is 0 Å². The molecule has 0 aromatic heterocycles. The molecule has 190 valence electrons. The monoisotopic (exact) mass is 558 g/mol. The summed E-state index contributed by atoms with van der Waals surface area (Å²) in [6.07, 6.45) is 2.59. The number of carbonyl (C=O) groups is 2. The first-order valence-corrected chi connectivity index (χ1v) is 13.7. The molecule has 38 heavy (non-hydrogen) atoms. The number of thioether (sulfide) groups is 1. The first kappa shape index (κ1) is 26.1. The fourth-order valence-corrected chi connectivity index (χ4v) is 5.59. The Bertz CT molecular complexity index is 1500. The second-order valence-electron chi connectivity index (χ2n) is 8.85. The Morgan fingerprint density at radius 3 is 2.37 bits per heavy atom. The normalized spacial score (nSPS) is 13.9. The van der Waals surface area contributed by atoms with E-state index in [2.05, 4.69) is 5.32 Å². The number of para-hydroxylation sites is 1. The number of nitrogens with zero attached hydrogens (tertiary/aromatic N) is 1. The summed E-state index contributed by atoms with van der Waals surface area (Å²) >= 11 is 13.6. The molecule has 0 spiro atoms. The molecule has 1 aliphatic heterocycles. The molecule has 0 aliphatic carbocycles. The first-order chi connectivity index (χ1) is 18.5. The fourth-order valence-electron chi connectivity index (χ4n) is 4.19. The molecule has 0 saturated heterocycles. The summed E-state index contributed by atoms with van der Waals surface area (Å²) in [6, 6.07) is 30.3. The number of fused-ring (bicyclic) bond motifs is 1. The van der Waals surface area contributed by atoms with Gasteiger partial charge in [-0.2, -0.15) is 0 Å². The minimum atomic E-state index is -0.136. The topological polar surface area (TPSA) is 49.4 Å². The van der Waals surface area contributed by atoms with E-state index in [1.807, 2.05) is 91.0 Å². The van der Waals surface area contributed by atoms with E-state index in [0.717, 1.165) is 33.7 Å². The van der Waals surface area contributed by atoms with Crippen molar-refractivity contribution in [2.75, 3.05) is 11.4 Å². The second-order valence-corrected chi connectivity index (χ2v) is 10.8. The highest BCUT2D eigenvalue weighted by Crippen LogP contribution is 2.42. The Labute approximate surface area is 236 Å². The summed E-state index contributed by atoms with van der Waals surface area (Å²) in [5.74, 6) is -0.208. The Balaban J connectivity index is 1.29. The van der Waals surface area contributed by atoms with E-state index in [1.165, 1.54) is 11.8 Å². The minimum Gasteiger partial charge on any atom is -0.352 e. The molecule has 4 aromatic carbocycles. The molecule has 2 amide bonds. The Hall–Kier alpha value is -3.51. The van der Waals surface area contributed by atoms with Crippen LogP contribution in [0.2, 0.25) is 10.0 Å². The lowest BCUT2D eigenvalue weighted by atomic mass is 10.1. The first-order valence-electron chi connectivity index (χ1n) is 12.1. The molecule has 5 rings (SSSR count). The van der Waals surface area contributed by atoms with Crippen LogP contribution in [0, 0.1) is 0 Å². The zero-order chi connectivity index (χ0) is 26.5. The number of nitrogens with one attached hydrogen (secondary N) is 1. The van der Waals surface area contributed by atoms with Gasteiger partial charge < -0.3 is 10.2 Å². The maximum absolute atomic E-state index is 13.5. The van der Waals surface area contributed by atoms with Crippen LogP contribution < -0.4 is 10.2 Å². The van der Waals surface area contributed by atoms with Crippen LogP contribution in [0.1, 0.15) is 27.0 Å². The summed E-state index contributed by atoms with van der Waals surface area (Å²) in [5.41, 5.74) is 4.36. The van der Waals surface area contributed by atoms with Crippen LogP contribution in [-0.2, 0) is 17.8 Å². The van der Waals surface area contributed by atoms with Crippen molar-refractivity contribution >= 4 is 58.5 Å². The van der Waals surface area contributed by atoms with Gasteiger partial charge in [0, 0.05) is 27.0 Å². The average Bonchev–Trinajstić information content (AvgIpc) is 2.92. The van der Waals surface area contributed by atoms with Crippen molar-refractivity contribution in [3.63, 3.8) is 0 Å². The lowest BCUT2D eigenvalue weighted by Crippen LogP contribution is -2.33. The maximum Gasteiger partial charge on any atom is 0.265 e. The third kappa shape index (κ3) is 6.30. The molecule has 0 atom stereocenters. The quantitative estimate of drug-likeness (QED) is 0.237. The Morgan fingerprint density at radius 2 is 1.61 bits per heavy atom. The van der Waals surface area contributed by atoms with E-state index in [1.54, 1.807) is 17.0 Å². The number of halogens is 2. The highest BCUT2D eigenvalue weighted by Gasteiger charge is 2.29. The lowest BCUT2D eigenvalue weighted by molar-refractivity contribution is -0.114. The zero-order valence-corrected chi connectivity index (χ0v) is 22.7. The molecular formula is C31H24Cl2N2O2S. The van der Waals surface area contributed by atoms with Crippen molar-refractivity contribution in [3.8, 4) is 0 Å². The van der Waals surface area contributed by atoms with Crippen molar-refractivity contribution in [2.45, 2.75) is 17.9 Å². The molecule has 1 aliphatic rings. The lowest BCUT2D eigenvalue weighted by Gasteiger charge is -2.30. The van der Waals surface area contributed by atoms with Gasteiger partial charge >= 0.3 is 0 Å². The molecule has 1 heterocycles. The average molecular weight is 560 g/mol. The summed E-state index contributed by atoms with van der Waals surface area (Å²) < 4.78 is 0. The standard InChI is InChI=1S/C31H24Cl2N2O2S/c32-25-14-10-21(11-15-25)16-17-34-30(36)24-12-8-22(9-13-24)19-29-31(37)35(20-23-4-3-5-26(33)18-23)27-6-1-2-7-28(27)38-29/h1-15,18-19H,16-17,20H2,(H,34,36)/b29-19+. The van der Waals surface area contributed by atoms with E-state index >= 15 is 0 Å². The van der Waals surface area contributed by atoms with Gasteiger partial charge in [-0.25, -0.2) is 0 Å². The van der Waals surface area contributed by atoms with Gasteiger partial charge in [0.1, 0.15) is 0 Å². The number of rotatable bonds is 7. The number of amides is 2. The van der Waals surface area contributed by atoms with Gasteiger partial charge in [0.25, 0.3) is 11.8 Å². The Kier molecular flexibility index (Phi) is 8.18. The van der Waals surface area contributed by atoms with E-state index in [0.29, 0.717) is 33.6 Å². The van der Waals surface area contributed by atoms with Gasteiger partial charge in [-0.15, -0.1) is 0 Å². The van der Waals surface area contributed by atoms with E-state index < -0.39 is 0 Å². The van der Waals surface area contributed by atoms with Crippen LogP contribution in [0.3, 0.4) is 0 Å². The molecule has 0 unspecified atom stereocenters. The summed E-state index contributed by atoms with van der Waals surface area (Å²) in [5, 5.41) is 4.28. The van der Waals surface area contributed by atoms with Gasteiger partial charge in [-0.1, -0.05) is 83.5 Å². The van der Waals surface area contributed by atoms with Crippen LogP contribution in [0.4, 0.5) is 5.69 Å². The minimum absolute atomic E-state index is 0.0716. The van der Waals surface area contributed by atoms with E-state index in [4.69, 9.17) is 23.2 Å². The molecule has 0 saturated carbocycles. The summed E-state index contributed by atoms with van der Waals surface area (Å²) in [6.45, 7) is 0.947. The number of carbonyl (C=O) groups excluding carboxylic acids is 2. The smallest absolute Gasteiger partial charge is 0.265 e. The van der Waals surface area contributed by atoms with Crippen LogP contribution in [0.15, 0.2) is 107 Å². The largest absolute Gasteiger partial charge is 0.352 e. The maximum atomic E-state index is 13.5. The fraction of sp³-hybridized carbons (Fsp3) is 0.0968. The number of benzene rings is 4. The van der Waals surface area contributed by atoms with E-state index in [9.17, 15) is 9.59 Å². The third-order valence-corrected chi connectivity index (χ3v) is 7.71. The van der Waals surface area contributed by atoms with Gasteiger partial charge in [-0.3, -0.25) is 9.59 Å². The number of hydrogen-bond acceptors (Lipinski definition) is 3. The predicted molar refractivity (Wildman–Crippen MR) is 157 cm³/mol. The number of hydrogen-bond donors (Lipinski definition) is 1. The second kappa shape index (κ2) is 11.9.